The minimum absolute atomic E-state index is 0.00603. The molecule has 0 spiro atoms. The maximum Gasteiger partial charge on any atom is 0.307 e. The van der Waals surface area contributed by atoms with Gasteiger partial charge in [-0.15, -0.1) is 0 Å². The maximum absolute atomic E-state index is 10.9. The number of rotatable bonds is 6. The molecular weight excluding hydrogens is 496 g/mol. The summed E-state index contributed by atoms with van der Waals surface area (Å²) in [6.07, 6.45) is 7.55. The molecule has 0 aliphatic carbocycles. The van der Waals surface area contributed by atoms with Gasteiger partial charge < -0.3 is 10.8 Å². The van der Waals surface area contributed by atoms with E-state index < -0.39 is 5.97 Å². The standard InChI is InChI=1S/C25H19BrN6O2/c26-23-21(10-15-3-5-16(6-4-15)11-22(33)34)31-25-19(14-30-32(25)24(23)27)17-7-8-20(29-13-17)18-2-1-9-28-12-18/h1-9,12-14H,10-11,27H2,(H,33,34). The van der Waals surface area contributed by atoms with Crippen LogP contribution in [-0.2, 0) is 17.6 Å². The molecule has 1 aromatic carbocycles. The molecule has 0 fully saturated rings. The van der Waals surface area contributed by atoms with E-state index in [9.17, 15) is 4.79 Å². The highest BCUT2D eigenvalue weighted by atomic mass is 79.9. The number of hydrogen-bond donors (Lipinski definition) is 2. The molecule has 0 atom stereocenters. The van der Waals surface area contributed by atoms with Gasteiger partial charge in [0.2, 0.25) is 0 Å². The Kier molecular flexibility index (Phi) is 5.77. The summed E-state index contributed by atoms with van der Waals surface area (Å²) in [7, 11) is 0. The van der Waals surface area contributed by atoms with E-state index in [2.05, 4.69) is 31.0 Å². The Hall–Kier alpha value is -4.11. The summed E-state index contributed by atoms with van der Waals surface area (Å²) in [5.41, 5.74) is 13.0. The number of benzene rings is 1. The second-order valence-electron chi connectivity index (χ2n) is 7.79. The van der Waals surface area contributed by atoms with Gasteiger partial charge >= 0.3 is 5.97 Å². The van der Waals surface area contributed by atoms with Crippen LogP contribution >= 0.6 is 15.9 Å². The molecule has 0 aliphatic rings. The van der Waals surface area contributed by atoms with Crippen molar-refractivity contribution < 1.29 is 9.90 Å². The molecule has 5 aromatic rings. The molecular formula is C25H19BrN6O2. The molecule has 4 aromatic heterocycles. The molecule has 34 heavy (non-hydrogen) atoms. The van der Waals surface area contributed by atoms with Crippen molar-refractivity contribution in [2.45, 2.75) is 12.8 Å². The normalized spacial score (nSPS) is 11.1. The fourth-order valence-corrected chi connectivity index (χ4v) is 4.14. The van der Waals surface area contributed by atoms with Crippen LogP contribution in [0.4, 0.5) is 5.82 Å². The number of carboxylic acids is 1. The summed E-state index contributed by atoms with van der Waals surface area (Å²) >= 11 is 3.56. The average molecular weight is 515 g/mol. The first kappa shape index (κ1) is 21.7. The lowest BCUT2D eigenvalue weighted by atomic mass is 10.1. The van der Waals surface area contributed by atoms with Gasteiger partial charge in [0, 0.05) is 41.7 Å². The minimum atomic E-state index is -0.855. The topological polar surface area (TPSA) is 119 Å². The lowest BCUT2D eigenvalue weighted by Gasteiger charge is -2.10. The van der Waals surface area contributed by atoms with E-state index in [1.807, 2.05) is 48.5 Å². The Morgan fingerprint density at radius 1 is 1.00 bits per heavy atom. The van der Waals surface area contributed by atoms with Gasteiger partial charge in [0.1, 0.15) is 5.82 Å². The second kappa shape index (κ2) is 9.03. The van der Waals surface area contributed by atoms with Gasteiger partial charge in [-0.05, 0) is 45.3 Å². The molecule has 0 saturated heterocycles. The Morgan fingerprint density at radius 3 is 2.47 bits per heavy atom. The van der Waals surface area contributed by atoms with Crippen LogP contribution in [0.2, 0.25) is 0 Å². The molecule has 0 amide bonds. The number of fused-ring (bicyclic) bond motifs is 1. The molecule has 0 bridgehead atoms. The van der Waals surface area contributed by atoms with Gasteiger partial charge in [0.15, 0.2) is 5.65 Å². The quantitative estimate of drug-likeness (QED) is 0.344. The summed E-state index contributed by atoms with van der Waals surface area (Å²) in [5.74, 6) is -0.403. The van der Waals surface area contributed by atoms with Crippen LogP contribution in [0.15, 0.2) is 77.8 Å². The number of aromatic nitrogens is 5. The Balaban J connectivity index is 1.49. The number of pyridine rings is 2. The van der Waals surface area contributed by atoms with E-state index in [4.69, 9.17) is 15.8 Å². The van der Waals surface area contributed by atoms with Crippen molar-refractivity contribution in [2.24, 2.45) is 0 Å². The molecule has 4 heterocycles. The monoisotopic (exact) mass is 514 g/mol. The van der Waals surface area contributed by atoms with Crippen molar-refractivity contribution in [3.05, 3.63) is 94.6 Å². The predicted molar refractivity (Wildman–Crippen MR) is 132 cm³/mol. The average Bonchev–Trinajstić information content (AvgIpc) is 3.28. The van der Waals surface area contributed by atoms with Crippen LogP contribution in [0.5, 0.6) is 0 Å². The minimum Gasteiger partial charge on any atom is -0.481 e. The fraction of sp³-hybridized carbons (Fsp3) is 0.0800. The molecule has 8 nitrogen and oxygen atoms in total. The van der Waals surface area contributed by atoms with Gasteiger partial charge in [-0.25, -0.2) is 4.98 Å². The number of hydrogen-bond acceptors (Lipinski definition) is 6. The number of aliphatic carboxylic acids is 1. The van der Waals surface area contributed by atoms with E-state index in [1.54, 1.807) is 29.3 Å². The number of carboxylic acid groups (broad SMARTS) is 1. The first-order valence-corrected chi connectivity index (χ1v) is 11.3. The Bertz CT molecular complexity index is 1480. The van der Waals surface area contributed by atoms with Gasteiger partial charge in [-0.3, -0.25) is 14.8 Å². The lowest BCUT2D eigenvalue weighted by molar-refractivity contribution is -0.136. The molecule has 0 radical (unpaired) electrons. The van der Waals surface area contributed by atoms with Crippen molar-refractivity contribution in [1.82, 2.24) is 24.6 Å². The summed E-state index contributed by atoms with van der Waals surface area (Å²) in [4.78, 5) is 24.5. The number of halogens is 1. The summed E-state index contributed by atoms with van der Waals surface area (Å²) in [6, 6.07) is 15.2. The Labute approximate surface area is 203 Å². The van der Waals surface area contributed by atoms with Gasteiger partial charge in [0.25, 0.3) is 0 Å². The highest BCUT2D eigenvalue weighted by molar-refractivity contribution is 9.10. The van der Waals surface area contributed by atoms with Crippen molar-refractivity contribution in [2.75, 3.05) is 5.73 Å². The first-order chi connectivity index (χ1) is 16.5. The van der Waals surface area contributed by atoms with Crippen LogP contribution in [0.3, 0.4) is 0 Å². The fourth-order valence-electron chi connectivity index (χ4n) is 3.75. The van der Waals surface area contributed by atoms with Crippen molar-refractivity contribution in [3.63, 3.8) is 0 Å². The van der Waals surface area contributed by atoms with Crippen molar-refractivity contribution in [3.8, 4) is 22.4 Å². The van der Waals surface area contributed by atoms with E-state index in [1.165, 1.54) is 0 Å². The predicted octanol–water partition coefficient (Wildman–Crippen LogP) is 4.42. The number of nitrogens with two attached hydrogens (primary N) is 1. The summed E-state index contributed by atoms with van der Waals surface area (Å²) < 4.78 is 2.28. The van der Waals surface area contributed by atoms with Gasteiger partial charge in [0.05, 0.1) is 28.5 Å². The van der Waals surface area contributed by atoms with Crippen LogP contribution < -0.4 is 5.73 Å². The molecule has 5 rings (SSSR count). The second-order valence-corrected chi connectivity index (χ2v) is 8.58. The lowest BCUT2D eigenvalue weighted by Crippen LogP contribution is -2.06. The van der Waals surface area contributed by atoms with Crippen LogP contribution in [0.25, 0.3) is 28.0 Å². The third-order valence-electron chi connectivity index (χ3n) is 5.47. The third kappa shape index (κ3) is 4.25. The van der Waals surface area contributed by atoms with Gasteiger partial charge in [-0.1, -0.05) is 30.3 Å². The number of nitrogen functional groups attached to an aromatic ring is 1. The number of carbonyl (C=O) groups is 1. The molecule has 0 aliphatic heterocycles. The van der Waals surface area contributed by atoms with Crippen LogP contribution in [-0.4, -0.2) is 35.6 Å². The molecule has 3 N–H and O–H groups in total. The van der Waals surface area contributed by atoms with Crippen LogP contribution in [0.1, 0.15) is 16.8 Å². The molecule has 168 valence electrons. The van der Waals surface area contributed by atoms with Crippen molar-refractivity contribution in [1.29, 1.82) is 0 Å². The van der Waals surface area contributed by atoms with E-state index >= 15 is 0 Å². The zero-order valence-corrected chi connectivity index (χ0v) is 19.5. The molecule has 0 saturated carbocycles. The summed E-state index contributed by atoms with van der Waals surface area (Å²) in [5, 5.41) is 13.4. The zero-order chi connectivity index (χ0) is 23.7. The van der Waals surface area contributed by atoms with Crippen molar-refractivity contribution >= 4 is 33.4 Å². The van der Waals surface area contributed by atoms with E-state index in [-0.39, 0.29) is 6.42 Å². The van der Waals surface area contributed by atoms with E-state index in [0.29, 0.717) is 22.4 Å². The SMILES string of the molecule is Nc1c(Br)c(Cc2ccc(CC(=O)O)cc2)nc2c(-c3ccc(-c4cccnc4)nc3)cnn12. The molecule has 9 heteroatoms. The largest absolute Gasteiger partial charge is 0.481 e. The Morgan fingerprint density at radius 2 is 1.79 bits per heavy atom. The van der Waals surface area contributed by atoms with Crippen LogP contribution in [0, 0.1) is 0 Å². The maximum atomic E-state index is 10.9. The zero-order valence-electron chi connectivity index (χ0n) is 17.9. The highest BCUT2D eigenvalue weighted by Crippen LogP contribution is 2.31. The van der Waals surface area contributed by atoms with Gasteiger partial charge in [-0.2, -0.15) is 9.61 Å². The summed E-state index contributed by atoms with van der Waals surface area (Å²) in [6.45, 7) is 0. The third-order valence-corrected chi connectivity index (χ3v) is 6.34. The highest BCUT2D eigenvalue weighted by Gasteiger charge is 2.17. The van der Waals surface area contributed by atoms with E-state index in [0.717, 1.165) is 39.2 Å². The smallest absolute Gasteiger partial charge is 0.307 e. The molecule has 0 unspecified atom stereocenters. The number of anilines is 1. The number of nitrogens with zero attached hydrogens (tertiary/aromatic N) is 5. The first-order valence-electron chi connectivity index (χ1n) is 10.5.